The van der Waals surface area contributed by atoms with E-state index in [0.717, 1.165) is 0 Å². The van der Waals surface area contributed by atoms with Gasteiger partial charge in [0.1, 0.15) is 0 Å². The fraction of sp³-hybridized carbons (Fsp3) is 0.229. The zero-order chi connectivity index (χ0) is 25.4. The Morgan fingerprint density at radius 1 is 0.622 bits per heavy atom. The maximum absolute atomic E-state index is 5.15. The van der Waals surface area contributed by atoms with Gasteiger partial charge in [0, 0.05) is 28.4 Å². The van der Waals surface area contributed by atoms with Crippen LogP contribution in [0.3, 0.4) is 0 Å². The van der Waals surface area contributed by atoms with Crippen molar-refractivity contribution in [3.63, 3.8) is 0 Å². The normalized spacial score (nSPS) is 21.9. The molecule has 0 aliphatic carbocycles. The Hall–Kier alpha value is -3.91. The van der Waals surface area contributed by atoms with Gasteiger partial charge in [0.25, 0.3) is 0 Å². The van der Waals surface area contributed by atoms with E-state index in [9.17, 15) is 0 Å². The van der Waals surface area contributed by atoms with Gasteiger partial charge in [-0.15, -0.1) is 0 Å². The summed E-state index contributed by atoms with van der Waals surface area (Å²) < 4.78 is 0. The van der Waals surface area contributed by atoms with Gasteiger partial charge in [-0.1, -0.05) is 100 Å². The van der Waals surface area contributed by atoms with E-state index in [0.29, 0.717) is 0 Å². The van der Waals surface area contributed by atoms with Crippen LogP contribution in [0.5, 0.6) is 0 Å². The second-order valence-corrected chi connectivity index (χ2v) is 11.7. The molecule has 0 saturated heterocycles. The SMILES string of the molecule is CC1(C)C2=CC=NC3C2N(c2ccc(-c4ccccc4)cc21)c1ccc(-c2ccccc2)cc1C3(C)C. The molecule has 3 aliphatic heterocycles. The van der Waals surface area contributed by atoms with E-state index in [1.807, 2.05) is 0 Å². The number of aliphatic imine (C=N–C) groups is 1. The molecule has 0 spiro atoms. The smallest absolute Gasteiger partial charge is 0.0837 e. The van der Waals surface area contributed by atoms with Crippen LogP contribution in [0, 0.1) is 0 Å². The summed E-state index contributed by atoms with van der Waals surface area (Å²) in [6.07, 6.45) is 4.35. The van der Waals surface area contributed by atoms with E-state index in [1.54, 1.807) is 0 Å². The first-order valence-corrected chi connectivity index (χ1v) is 13.3. The molecule has 2 heteroatoms. The molecule has 0 amide bonds. The lowest BCUT2D eigenvalue weighted by Crippen LogP contribution is -2.60. The molecule has 4 aromatic carbocycles. The fourth-order valence-corrected chi connectivity index (χ4v) is 6.88. The number of benzene rings is 4. The highest BCUT2D eigenvalue weighted by Crippen LogP contribution is 2.58. The van der Waals surface area contributed by atoms with Crippen LogP contribution in [0.4, 0.5) is 11.4 Å². The Bertz CT molecular complexity index is 1570. The predicted octanol–water partition coefficient (Wildman–Crippen LogP) is 8.49. The number of dihydropyridines is 1. The molecule has 7 rings (SSSR count). The lowest BCUT2D eigenvalue weighted by Gasteiger charge is -2.57. The number of rotatable bonds is 2. The third-order valence-electron chi connectivity index (χ3n) is 8.95. The van der Waals surface area contributed by atoms with E-state index < -0.39 is 0 Å². The Balaban J connectivity index is 1.48. The molecular formula is C35H32N2. The van der Waals surface area contributed by atoms with Crippen LogP contribution in [0.25, 0.3) is 22.3 Å². The summed E-state index contributed by atoms with van der Waals surface area (Å²) in [4.78, 5) is 7.74. The lowest BCUT2D eigenvalue weighted by molar-refractivity contribution is 0.330. The van der Waals surface area contributed by atoms with Gasteiger partial charge in [0.05, 0.1) is 12.1 Å². The molecule has 3 heterocycles. The van der Waals surface area contributed by atoms with Gasteiger partial charge in [-0.2, -0.15) is 0 Å². The van der Waals surface area contributed by atoms with Crippen molar-refractivity contribution in [2.24, 2.45) is 4.99 Å². The standard InChI is InChI=1S/C35H32N2/c1-34(2)27-19-20-36-33-32(27)37(30-17-15-25(21-28(30)34)23-11-7-5-8-12-23)31-18-16-26(22-29(31)35(33,3)4)24-13-9-6-10-14-24/h5-22,32-33H,1-4H3. The molecule has 0 bridgehead atoms. The van der Waals surface area contributed by atoms with E-state index in [2.05, 4.69) is 142 Å². The zero-order valence-corrected chi connectivity index (χ0v) is 21.9. The Morgan fingerprint density at radius 2 is 1.16 bits per heavy atom. The summed E-state index contributed by atoms with van der Waals surface area (Å²) in [7, 11) is 0. The zero-order valence-electron chi connectivity index (χ0n) is 21.9. The van der Waals surface area contributed by atoms with Gasteiger partial charge in [-0.25, -0.2) is 0 Å². The average Bonchev–Trinajstić information content (AvgIpc) is 2.93. The summed E-state index contributed by atoms with van der Waals surface area (Å²) in [6.45, 7) is 9.54. The van der Waals surface area contributed by atoms with Crippen molar-refractivity contribution in [2.45, 2.75) is 50.6 Å². The molecule has 182 valence electrons. The van der Waals surface area contributed by atoms with Crippen LogP contribution in [0.1, 0.15) is 38.8 Å². The van der Waals surface area contributed by atoms with E-state index in [-0.39, 0.29) is 22.9 Å². The second kappa shape index (κ2) is 7.79. The quantitative estimate of drug-likeness (QED) is 0.281. The molecule has 4 aromatic rings. The van der Waals surface area contributed by atoms with Crippen LogP contribution in [-0.2, 0) is 10.8 Å². The lowest BCUT2D eigenvalue weighted by atomic mass is 9.60. The van der Waals surface area contributed by atoms with Crippen LogP contribution in [-0.4, -0.2) is 18.3 Å². The first-order valence-electron chi connectivity index (χ1n) is 13.3. The minimum absolute atomic E-state index is 0.0937. The highest BCUT2D eigenvalue weighted by molar-refractivity contribution is 5.87. The monoisotopic (exact) mass is 480 g/mol. The summed E-state index contributed by atoms with van der Waals surface area (Å²) >= 11 is 0. The van der Waals surface area contributed by atoms with Crippen molar-refractivity contribution in [1.29, 1.82) is 0 Å². The largest absolute Gasteiger partial charge is 0.331 e. The number of anilines is 2. The first-order chi connectivity index (χ1) is 17.9. The molecule has 3 aliphatic rings. The maximum atomic E-state index is 5.15. The third-order valence-corrected chi connectivity index (χ3v) is 8.95. The number of hydrogen-bond donors (Lipinski definition) is 0. The predicted molar refractivity (Wildman–Crippen MR) is 156 cm³/mol. The molecule has 2 nitrogen and oxygen atoms in total. The Labute approximate surface area is 220 Å². The topological polar surface area (TPSA) is 15.6 Å². The summed E-state index contributed by atoms with van der Waals surface area (Å²) in [5.74, 6) is 0. The summed E-state index contributed by atoms with van der Waals surface area (Å²) in [5, 5.41) is 0. The molecule has 0 saturated carbocycles. The van der Waals surface area contributed by atoms with Gasteiger partial charge in [-0.3, -0.25) is 4.99 Å². The number of allylic oxidation sites excluding steroid dienone is 1. The minimum atomic E-state index is -0.102. The van der Waals surface area contributed by atoms with E-state index in [4.69, 9.17) is 4.99 Å². The summed E-state index contributed by atoms with van der Waals surface area (Å²) in [6, 6.07) is 35.9. The molecular weight excluding hydrogens is 448 g/mol. The van der Waals surface area contributed by atoms with E-state index >= 15 is 0 Å². The van der Waals surface area contributed by atoms with Crippen LogP contribution in [0.15, 0.2) is 114 Å². The molecule has 2 atom stereocenters. The van der Waals surface area contributed by atoms with Gasteiger partial charge in [0.15, 0.2) is 0 Å². The number of fused-ring (bicyclic) bond motifs is 4. The van der Waals surface area contributed by atoms with Gasteiger partial charge >= 0.3 is 0 Å². The summed E-state index contributed by atoms with van der Waals surface area (Å²) in [5.41, 5.74) is 11.7. The third kappa shape index (κ3) is 3.15. The van der Waals surface area contributed by atoms with E-state index in [1.165, 1.54) is 50.3 Å². The molecule has 0 radical (unpaired) electrons. The number of nitrogens with zero attached hydrogens (tertiary/aromatic N) is 2. The van der Waals surface area contributed by atoms with Crippen molar-refractivity contribution >= 4 is 17.6 Å². The Morgan fingerprint density at radius 3 is 1.76 bits per heavy atom. The second-order valence-electron chi connectivity index (χ2n) is 11.7. The molecule has 37 heavy (non-hydrogen) atoms. The van der Waals surface area contributed by atoms with Crippen molar-refractivity contribution in [1.82, 2.24) is 0 Å². The van der Waals surface area contributed by atoms with Gasteiger partial charge in [0.2, 0.25) is 0 Å². The molecule has 2 unspecified atom stereocenters. The maximum Gasteiger partial charge on any atom is 0.0837 e. The Kier molecular flexibility index (Phi) is 4.70. The van der Waals surface area contributed by atoms with Crippen LogP contribution >= 0.6 is 0 Å². The highest BCUT2D eigenvalue weighted by Gasteiger charge is 2.54. The average molecular weight is 481 g/mol. The van der Waals surface area contributed by atoms with Crippen molar-refractivity contribution in [3.8, 4) is 22.3 Å². The highest BCUT2D eigenvalue weighted by atomic mass is 15.2. The van der Waals surface area contributed by atoms with Crippen LogP contribution < -0.4 is 4.90 Å². The van der Waals surface area contributed by atoms with Gasteiger partial charge < -0.3 is 4.90 Å². The molecule has 0 fully saturated rings. The minimum Gasteiger partial charge on any atom is -0.331 e. The molecule has 0 N–H and O–H groups in total. The van der Waals surface area contributed by atoms with Crippen LogP contribution in [0.2, 0.25) is 0 Å². The molecule has 0 aromatic heterocycles. The number of hydrogen-bond acceptors (Lipinski definition) is 2. The van der Waals surface area contributed by atoms with Crippen molar-refractivity contribution in [2.75, 3.05) is 4.90 Å². The van der Waals surface area contributed by atoms with Crippen molar-refractivity contribution in [3.05, 3.63) is 120 Å². The van der Waals surface area contributed by atoms with Crippen molar-refractivity contribution < 1.29 is 0 Å². The first kappa shape index (κ1) is 22.3. The fourth-order valence-electron chi connectivity index (χ4n) is 6.88. The van der Waals surface area contributed by atoms with Gasteiger partial charge in [-0.05, 0) is 69.3 Å².